The van der Waals surface area contributed by atoms with Crippen molar-refractivity contribution in [3.05, 3.63) is 63.0 Å². The summed E-state index contributed by atoms with van der Waals surface area (Å²) in [6, 6.07) is 7.54. The molecule has 3 aromatic rings. The topological polar surface area (TPSA) is 61.2 Å². The van der Waals surface area contributed by atoms with Crippen LogP contribution in [0.25, 0.3) is 11.7 Å². The molecule has 0 aliphatic carbocycles. The maximum atomic E-state index is 13.0. The van der Waals surface area contributed by atoms with Crippen LogP contribution in [-0.2, 0) is 6.54 Å². The Morgan fingerprint density at radius 1 is 1.35 bits per heavy atom. The Labute approximate surface area is 120 Å². The zero-order valence-corrected chi connectivity index (χ0v) is 11.6. The largest absolute Gasteiger partial charge is 0.459 e. The van der Waals surface area contributed by atoms with Crippen molar-refractivity contribution in [2.45, 2.75) is 6.54 Å². The molecule has 0 N–H and O–H groups in total. The van der Waals surface area contributed by atoms with Gasteiger partial charge in [0.15, 0.2) is 5.76 Å². The molecule has 3 rings (SSSR count). The number of furan rings is 1. The molecule has 0 spiro atoms. The third kappa shape index (κ3) is 2.44. The first-order valence-electron chi connectivity index (χ1n) is 5.69. The smallest absolute Gasteiger partial charge is 0.437 e. The number of halogens is 2. The Morgan fingerprint density at radius 2 is 2.20 bits per heavy atom. The fraction of sp³-hybridized carbons (Fsp3) is 0.0769. The molecular weight excluding hydrogens is 331 g/mol. The van der Waals surface area contributed by atoms with Crippen molar-refractivity contribution in [3.63, 3.8) is 0 Å². The van der Waals surface area contributed by atoms with Gasteiger partial charge in [-0.15, -0.1) is 5.10 Å². The highest BCUT2D eigenvalue weighted by atomic mass is 79.9. The number of rotatable bonds is 3. The summed E-state index contributed by atoms with van der Waals surface area (Å²) < 4.78 is 24.8. The fourth-order valence-electron chi connectivity index (χ4n) is 1.72. The Bertz CT molecular complexity index is 792. The van der Waals surface area contributed by atoms with Gasteiger partial charge in [-0.05, 0) is 29.8 Å². The summed E-state index contributed by atoms with van der Waals surface area (Å²) in [6.45, 7) is 0.171. The van der Waals surface area contributed by atoms with Crippen molar-refractivity contribution in [1.82, 2.24) is 9.78 Å². The Hall–Kier alpha value is -2.15. The van der Waals surface area contributed by atoms with E-state index in [1.54, 1.807) is 18.2 Å². The third-order valence-corrected chi connectivity index (χ3v) is 3.41. The van der Waals surface area contributed by atoms with E-state index < -0.39 is 5.76 Å². The predicted molar refractivity (Wildman–Crippen MR) is 71.7 cm³/mol. The molecule has 5 nitrogen and oxygen atoms in total. The Kier molecular flexibility index (Phi) is 3.27. The van der Waals surface area contributed by atoms with Gasteiger partial charge in [-0.25, -0.2) is 9.18 Å². The minimum absolute atomic E-state index is 0.109. The highest BCUT2D eigenvalue weighted by molar-refractivity contribution is 9.10. The van der Waals surface area contributed by atoms with Gasteiger partial charge in [-0.1, -0.05) is 22.0 Å². The lowest BCUT2D eigenvalue weighted by atomic mass is 10.2. The van der Waals surface area contributed by atoms with Crippen LogP contribution in [0.5, 0.6) is 0 Å². The maximum Gasteiger partial charge on any atom is 0.437 e. The predicted octanol–water partition coefficient (Wildman–Crippen LogP) is 3.05. The standard InChI is InChI=1S/C13H8BrFN2O3/c14-10-6-9(15)4-3-8(10)7-17-13(18)20-12(16-17)11-2-1-5-19-11/h1-6H,7H2. The van der Waals surface area contributed by atoms with Crippen LogP contribution in [0.3, 0.4) is 0 Å². The number of hydrogen-bond donors (Lipinski definition) is 0. The molecule has 7 heteroatoms. The Balaban J connectivity index is 1.93. The molecule has 2 heterocycles. The molecule has 0 aliphatic rings. The van der Waals surface area contributed by atoms with E-state index in [4.69, 9.17) is 8.83 Å². The molecule has 0 aliphatic heterocycles. The van der Waals surface area contributed by atoms with Crippen molar-refractivity contribution >= 4 is 15.9 Å². The van der Waals surface area contributed by atoms with Crippen molar-refractivity contribution in [2.75, 3.05) is 0 Å². The average Bonchev–Trinajstić information content (AvgIpc) is 3.03. The van der Waals surface area contributed by atoms with Gasteiger partial charge < -0.3 is 8.83 Å². The molecule has 0 amide bonds. The number of nitrogens with zero attached hydrogens (tertiary/aromatic N) is 2. The van der Waals surface area contributed by atoms with Gasteiger partial charge in [0.05, 0.1) is 12.8 Å². The number of benzene rings is 1. The summed E-state index contributed by atoms with van der Waals surface area (Å²) >= 11 is 3.24. The molecule has 0 atom stereocenters. The number of aromatic nitrogens is 2. The normalized spacial score (nSPS) is 10.9. The van der Waals surface area contributed by atoms with E-state index in [0.717, 1.165) is 4.68 Å². The summed E-state index contributed by atoms with van der Waals surface area (Å²) in [5, 5.41) is 4.04. The SMILES string of the molecule is O=c1oc(-c2ccco2)nn1Cc1ccc(F)cc1Br. The molecule has 0 radical (unpaired) electrons. The van der Waals surface area contributed by atoms with Gasteiger partial charge in [0.25, 0.3) is 5.89 Å². The van der Waals surface area contributed by atoms with Gasteiger partial charge in [-0.3, -0.25) is 0 Å². The Morgan fingerprint density at radius 3 is 2.90 bits per heavy atom. The minimum atomic E-state index is -0.604. The molecule has 0 bridgehead atoms. The monoisotopic (exact) mass is 338 g/mol. The van der Waals surface area contributed by atoms with Gasteiger partial charge in [0.2, 0.25) is 0 Å². The van der Waals surface area contributed by atoms with Crippen molar-refractivity contribution in [1.29, 1.82) is 0 Å². The van der Waals surface area contributed by atoms with Gasteiger partial charge in [0.1, 0.15) is 5.82 Å². The lowest BCUT2D eigenvalue weighted by molar-refractivity contribution is 0.476. The van der Waals surface area contributed by atoms with Crippen molar-refractivity contribution in [2.24, 2.45) is 0 Å². The van der Waals surface area contributed by atoms with Crippen LogP contribution in [-0.4, -0.2) is 9.78 Å². The maximum absolute atomic E-state index is 13.0. The first-order chi connectivity index (χ1) is 9.63. The van der Waals surface area contributed by atoms with E-state index in [1.807, 2.05) is 0 Å². The zero-order chi connectivity index (χ0) is 14.1. The molecule has 0 unspecified atom stereocenters. The van der Waals surface area contributed by atoms with Crippen molar-refractivity contribution in [3.8, 4) is 11.7 Å². The first kappa shape index (κ1) is 12.9. The summed E-state index contributed by atoms with van der Waals surface area (Å²) in [5.74, 6) is -0.478. The van der Waals surface area contributed by atoms with Crippen molar-refractivity contribution < 1.29 is 13.2 Å². The summed E-state index contributed by atoms with van der Waals surface area (Å²) in [4.78, 5) is 11.7. The average molecular weight is 339 g/mol. The van der Waals surface area contributed by atoms with Crippen LogP contribution in [0.1, 0.15) is 5.56 Å². The van der Waals surface area contributed by atoms with E-state index in [0.29, 0.717) is 15.8 Å². The number of hydrogen-bond acceptors (Lipinski definition) is 4. The zero-order valence-electron chi connectivity index (χ0n) is 10.0. The highest BCUT2D eigenvalue weighted by Crippen LogP contribution is 2.19. The minimum Gasteiger partial charge on any atom is -0.459 e. The van der Waals surface area contributed by atoms with E-state index >= 15 is 0 Å². The molecule has 0 saturated carbocycles. The summed E-state index contributed by atoms with van der Waals surface area (Å²) in [5.41, 5.74) is 0.716. The third-order valence-electron chi connectivity index (χ3n) is 2.67. The van der Waals surface area contributed by atoms with E-state index in [2.05, 4.69) is 21.0 Å². The van der Waals surface area contributed by atoms with Gasteiger partial charge in [0, 0.05) is 4.47 Å². The molecule has 0 fully saturated rings. The van der Waals surface area contributed by atoms with Crippen LogP contribution < -0.4 is 5.76 Å². The van der Waals surface area contributed by atoms with Crippen LogP contribution >= 0.6 is 15.9 Å². The van der Waals surface area contributed by atoms with Crippen LogP contribution in [0.2, 0.25) is 0 Å². The highest BCUT2D eigenvalue weighted by Gasteiger charge is 2.13. The molecular formula is C13H8BrFN2O3. The lowest BCUT2D eigenvalue weighted by Gasteiger charge is -2.02. The van der Waals surface area contributed by atoms with Gasteiger partial charge >= 0.3 is 5.76 Å². The summed E-state index contributed by atoms with van der Waals surface area (Å²) in [6.07, 6.45) is 1.46. The molecule has 2 aromatic heterocycles. The molecule has 0 saturated heterocycles. The molecule has 102 valence electrons. The second-order valence-corrected chi connectivity index (χ2v) is 4.90. The van der Waals surface area contributed by atoms with E-state index in [9.17, 15) is 9.18 Å². The summed E-state index contributed by atoms with van der Waals surface area (Å²) in [7, 11) is 0. The van der Waals surface area contributed by atoms with E-state index in [1.165, 1.54) is 18.4 Å². The molecule has 1 aromatic carbocycles. The second-order valence-electron chi connectivity index (χ2n) is 4.04. The quantitative estimate of drug-likeness (QED) is 0.736. The van der Waals surface area contributed by atoms with Crippen LogP contribution in [0, 0.1) is 5.82 Å². The van der Waals surface area contributed by atoms with E-state index in [-0.39, 0.29) is 18.3 Å². The van der Waals surface area contributed by atoms with Crippen LogP contribution in [0.4, 0.5) is 4.39 Å². The molecule has 20 heavy (non-hydrogen) atoms. The first-order valence-corrected chi connectivity index (χ1v) is 6.48. The fourth-order valence-corrected chi connectivity index (χ4v) is 2.19. The lowest BCUT2D eigenvalue weighted by Crippen LogP contribution is -2.16. The van der Waals surface area contributed by atoms with Gasteiger partial charge in [-0.2, -0.15) is 4.68 Å². The van der Waals surface area contributed by atoms with Crippen LogP contribution in [0.15, 0.2) is 54.7 Å². The second kappa shape index (κ2) is 5.09.